The highest BCUT2D eigenvalue weighted by Crippen LogP contribution is 2.29. The molecule has 9 heteroatoms. The molecule has 1 saturated heterocycles. The normalized spacial score (nSPS) is 22.4. The van der Waals surface area contributed by atoms with Crippen LogP contribution in [0.15, 0.2) is 29.2 Å². The summed E-state index contributed by atoms with van der Waals surface area (Å²) in [4.78, 5) is 2.42. The molecule has 1 atom stereocenters. The van der Waals surface area contributed by atoms with E-state index in [4.69, 9.17) is 0 Å². The van der Waals surface area contributed by atoms with Crippen LogP contribution in [0.25, 0.3) is 0 Å². The smallest absolute Gasteiger partial charge is 0.243 e. The van der Waals surface area contributed by atoms with Gasteiger partial charge in [0.2, 0.25) is 10.0 Å². The van der Waals surface area contributed by atoms with Crippen molar-refractivity contribution in [1.29, 1.82) is 0 Å². The maximum absolute atomic E-state index is 13.1. The zero-order chi connectivity index (χ0) is 19.0. The molecule has 0 bridgehead atoms. The molecule has 2 aromatic rings. The lowest BCUT2D eigenvalue weighted by Crippen LogP contribution is -2.34. The lowest BCUT2D eigenvalue weighted by atomic mass is 10.0. The minimum Gasteiger partial charge on any atom is -0.312 e. The Morgan fingerprint density at radius 1 is 1.04 bits per heavy atom. The number of likely N-dealkylation sites (tertiary alicyclic amines) is 1. The number of halogens is 1. The van der Waals surface area contributed by atoms with Gasteiger partial charge >= 0.3 is 0 Å². The Balaban J connectivity index is 1.56. The van der Waals surface area contributed by atoms with Crippen molar-refractivity contribution in [1.82, 2.24) is 24.0 Å². The van der Waals surface area contributed by atoms with Crippen LogP contribution in [0.1, 0.15) is 37.0 Å². The minimum atomic E-state index is -3.65. The standard InChI is InChI=1S/C18H24FN5O2S/c1-22-10-3-2-4-16(22)18-21-20-17-9-11-23(12-13-24(17)18)27(25,26)15-7-5-14(19)6-8-15/h5-8,16H,2-4,9-13H2,1H3. The molecule has 146 valence electrons. The van der Waals surface area contributed by atoms with E-state index < -0.39 is 15.8 Å². The topological polar surface area (TPSA) is 71.3 Å². The van der Waals surface area contributed by atoms with Crippen molar-refractivity contribution in [2.24, 2.45) is 0 Å². The first-order chi connectivity index (χ1) is 13.0. The second-order valence-corrected chi connectivity index (χ2v) is 9.16. The first kappa shape index (κ1) is 18.5. The fraction of sp³-hybridized carbons (Fsp3) is 0.556. The van der Waals surface area contributed by atoms with Crippen LogP contribution in [0, 0.1) is 5.82 Å². The highest BCUT2D eigenvalue weighted by atomic mass is 32.2. The third-order valence-corrected chi connectivity index (χ3v) is 7.45. The van der Waals surface area contributed by atoms with Crippen LogP contribution < -0.4 is 0 Å². The monoisotopic (exact) mass is 393 g/mol. The predicted octanol–water partition coefficient (Wildman–Crippen LogP) is 1.82. The Morgan fingerprint density at radius 3 is 2.56 bits per heavy atom. The highest BCUT2D eigenvalue weighted by Gasteiger charge is 2.31. The Bertz CT molecular complexity index is 912. The van der Waals surface area contributed by atoms with Gasteiger partial charge in [0.15, 0.2) is 0 Å². The summed E-state index contributed by atoms with van der Waals surface area (Å²) in [7, 11) is -1.55. The van der Waals surface area contributed by atoms with Gasteiger partial charge in [0.05, 0.1) is 10.9 Å². The van der Waals surface area contributed by atoms with Crippen LogP contribution in [0.2, 0.25) is 0 Å². The second kappa shape index (κ2) is 7.29. The number of fused-ring (bicyclic) bond motifs is 1. The van der Waals surface area contributed by atoms with Gasteiger partial charge in [0.1, 0.15) is 17.5 Å². The number of aromatic nitrogens is 3. The van der Waals surface area contributed by atoms with Gasteiger partial charge in [0.25, 0.3) is 0 Å². The van der Waals surface area contributed by atoms with Crippen LogP contribution >= 0.6 is 0 Å². The van der Waals surface area contributed by atoms with Crippen molar-refractivity contribution in [3.8, 4) is 0 Å². The molecule has 27 heavy (non-hydrogen) atoms. The average molecular weight is 393 g/mol. The fourth-order valence-corrected chi connectivity index (χ4v) is 5.40. The number of piperidine rings is 1. The molecule has 7 nitrogen and oxygen atoms in total. The van der Waals surface area contributed by atoms with E-state index >= 15 is 0 Å². The van der Waals surface area contributed by atoms with Crippen LogP contribution in [-0.4, -0.2) is 59.1 Å². The van der Waals surface area contributed by atoms with Gasteiger partial charge in [0, 0.05) is 26.1 Å². The number of benzene rings is 1. The van der Waals surface area contributed by atoms with Gasteiger partial charge < -0.3 is 4.57 Å². The second-order valence-electron chi connectivity index (χ2n) is 7.23. The zero-order valence-corrected chi connectivity index (χ0v) is 16.2. The van der Waals surface area contributed by atoms with Crippen molar-refractivity contribution < 1.29 is 12.8 Å². The fourth-order valence-electron chi connectivity index (χ4n) is 3.97. The minimum absolute atomic E-state index is 0.119. The third-order valence-electron chi connectivity index (χ3n) is 5.53. The van der Waals surface area contributed by atoms with E-state index in [1.165, 1.54) is 41.4 Å². The van der Waals surface area contributed by atoms with Crippen molar-refractivity contribution in [3.63, 3.8) is 0 Å². The molecular formula is C18H24FN5O2S. The summed E-state index contributed by atoms with van der Waals surface area (Å²) in [5.74, 6) is 1.33. The molecule has 1 aromatic carbocycles. The number of nitrogens with zero attached hydrogens (tertiary/aromatic N) is 5. The molecule has 1 unspecified atom stereocenters. The van der Waals surface area contributed by atoms with Gasteiger partial charge in [-0.05, 0) is 50.7 Å². The molecule has 0 amide bonds. The summed E-state index contributed by atoms with van der Waals surface area (Å²) >= 11 is 0. The molecule has 2 aliphatic rings. The molecule has 0 aliphatic carbocycles. The Morgan fingerprint density at radius 2 is 1.81 bits per heavy atom. The lowest BCUT2D eigenvalue weighted by Gasteiger charge is -2.31. The van der Waals surface area contributed by atoms with Crippen LogP contribution in [0.5, 0.6) is 0 Å². The highest BCUT2D eigenvalue weighted by molar-refractivity contribution is 7.89. The van der Waals surface area contributed by atoms with Gasteiger partial charge in [-0.1, -0.05) is 6.42 Å². The summed E-state index contributed by atoms with van der Waals surface area (Å²) in [5, 5.41) is 8.77. The number of rotatable bonds is 3. The predicted molar refractivity (Wildman–Crippen MR) is 98.1 cm³/mol. The number of hydrogen-bond acceptors (Lipinski definition) is 5. The summed E-state index contributed by atoms with van der Waals surface area (Å²) in [6.07, 6.45) is 3.93. The van der Waals surface area contributed by atoms with Crippen LogP contribution in [0.4, 0.5) is 4.39 Å². The van der Waals surface area contributed by atoms with Crippen molar-refractivity contribution in [3.05, 3.63) is 41.7 Å². The molecule has 0 spiro atoms. The molecule has 1 aromatic heterocycles. The summed E-state index contributed by atoms with van der Waals surface area (Å²) in [6.45, 7) is 2.27. The number of hydrogen-bond donors (Lipinski definition) is 0. The zero-order valence-electron chi connectivity index (χ0n) is 15.4. The van der Waals surface area contributed by atoms with E-state index in [2.05, 4.69) is 26.7 Å². The molecule has 0 saturated carbocycles. The van der Waals surface area contributed by atoms with Crippen LogP contribution in [0.3, 0.4) is 0 Å². The largest absolute Gasteiger partial charge is 0.312 e. The van der Waals surface area contributed by atoms with E-state index in [0.717, 1.165) is 24.6 Å². The molecule has 2 aliphatic heterocycles. The SMILES string of the molecule is CN1CCCCC1c1nnc2n1CCN(S(=O)(=O)c1ccc(F)cc1)CC2. The maximum atomic E-state index is 13.1. The van der Waals surface area contributed by atoms with Gasteiger partial charge in [-0.2, -0.15) is 4.31 Å². The van der Waals surface area contributed by atoms with Crippen molar-refractivity contribution >= 4 is 10.0 Å². The summed E-state index contributed by atoms with van der Waals surface area (Å²) in [5.41, 5.74) is 0. The molecule has 0 radical (unpaired) electrons. The molecule has 0 N–H and O–H groups in total. The lowest BCUT2D eigenvalue weighted by molar-refractivity contribution is 0.174. The van der Waals surface area contributed by atoms with E-state index in [-0.39, 0.29) is 10.9 Å². The Kier molecular flexibility index (Phi) is 5.00. The van der Waals surface area contributed by atoms with E-state index in [9.17, 15) is 12.8 Å². The van der Waals surface area contributed by atoms with E-state index in [1.807, 2.05) is 0 Å². The third kappa shape index (κ3) is 3.51. The Labute approximate surface area is 158 Å². The van der Waals surface area contributed by atoms with Gasteiger partial charge in [-0.15, -0.1) is 10.2 Å². The first-order valence-electron chi connectivity index (χ1n) is 9.35. The number of sulfonamides is 1. The molecule has 3 heterocycles. The van der Waals surface area contributed by atoms with Crippen molar-refractivity contribution in [2.45, 2.75) is 43.2 Å². The average Bonchev–Trinajstić information content (AvgIpc) is 2.92. The Hall–Kier alpha value is -1.84. The quantitative estimate of drug-likeness (QED) is 0.796. The van der Waals surface area contributed by atoms with E-state index in [1.54, 1.807) is 0 Å². The summed E-state index contributed by atoms with van der Waals surface area (Å²) in [6, 6.07) is 5.23. The first-order valence-corrected chi connectivity index (χ1v) is 10.8. The van der Waals surface area contributed by atoms with Crippen LogP contribution in [-0.2, 0) is 23.0 Å². The molecule has 1 fully saturated rings. The van der Waals surface area contributed by atoms with Gasteiger partial charge in [-0.25, -0.2) is 12.8 Å². The maximum Gasteiger partial charge on any atom is 0.243 e. The van der Waals surface area contributed by atoms with Crippen molar-refractivity contribution in [2.75, 3.05) is 26.7 Å². The van der Waals surface area contributed by atoms with E-state index in [0.29, 0.717) is 26.1 Å². The van der Waals surface area contributed by atoms with Gasteiger partial charge in [-0.3, -0.25) is 4.90 Å². The molecular weight excluding hydrogens is 369 g/mol. The summed E-state index contributed by atoms with van der Waals surface area (Å²) < 4.78 is 42.5. The molecule has 4 rings (SSSR count).